The molecular formula is C14H18N4O3. The normalized spacial score (nSPS) is 25.1. The summed E-state index contributed by atoms with van der Waals surface area (Å²) < 4.78 is 0. The number of aliphatic hydroxyl groups excluding tert-OH is 1. The monoisotopic (exact) mass is 290 g/mol. The van der Waals surface area contributed by atoms with E-state index in [0.717, 1.165) is 25.7 Å². The summed E-state index contributed by atoms with van der Waals surface area (Å²) >= 11 is 0. The van der Waals surface area contributed by atoms with Crippen LogP contribution in [0.2, 0.25) is 0 Å². The van der Waals surface area contributed by atoms with E-state index >= 15 is 0 Å². The molecule has 1 aromatic heterocycles. The lowest BCUT2D eigenvalue weighted by molar-refractivity contribution is -0.384. The smallest absolute Gasteiger partial charge is 0.328 e. The second-order valence-electron chi connectivity index (χ2n) is 5.69. The molecule has 0 aliphatic heterocycles. The zero-order valence-electron chi connectivity index (χ0n) is 11.9. The molecule has 2 N–H and O–H groups in total. The molecule has 0 aromatic carbocycles. The predicted octanol–water partition coefficient (Wildman–Crippen LogP) is 2.21. The van der Waals surface area contributed by atoms with Crippen LogP contribution in [0.1, 0.15) is 38.2 Å². The summed E-state index contributed by atoms with van der Waals surface area (Å²) in [5.74, 6) is 0.485. The van der Waals surface area contributed by atoms with Crippen LogP contribution < -0.4 is 5.32 Å². The molecule has 7 heteroatoms. The van der Waals surface area contributed by atoms with E-state index in [2.05, 4.69) is 17.2 Å². The lowest BCUT2D eigenvalue weighted by atomic mass is 9.77. The van der Waals surface area contributed by atoms with Crippen LogP contribution in [0, 0.1) is 27.4 Å². The van der Waals surface area contributed by atoms with E-state index in [9.17, 15) is 15.2 Å². The Morgan fingerprint density at radius 2 is 2.48 bits per heavy atom. The number of nitriles is 1. The number of aromatic nitrogens is 1. The van der Waals surface area contributed by atoms with Gasteiger partial charge in [-0.15, -0.1) is 0 Å². The molecule has 0 radical (unpaired) electrons. The largest absolute Gasteiger partial charge is 0.394 e. The number of pyridine rings is 1. The minimum Gasteiger partial charge on any atom is -0.394 e. The molecule has 2 unspecified atom stereocenters. The second-order valence-corrected chi connectivity index (χ2v) is 5.69. The quantitative estimate of drug-likeness (QED) is 0.649. The van der Waals surface area contributed by atoms with Gasteiger partial charge in [-0.1, -0.05) is 19.8 Å². The SMILES string of the molecule is CC1CCCC(CO)(Nc2nccc(C#N)c2[N+](=O)[O-])C1. The Bertz CT molecular complexity index is 584. The average Bonchev–Trinajstić information content (AvgIpc) is 2.46. The number of aliphatic hydroxyl groups is 1. The molecule has 1 aliphatic carbocycles. The highest BCUT2D eigenvalue weighted by atomic mass is 16.6. The number of hydrogen-bond acceptors (Lipinski definition) is 6. The highest BCUT2D eigenvalue weighted by Crippen LogP contribution is 2.37. The van der Waals surface area contributed by atoms with Crippen molar-refractivity contribution in [3.8, 4) is 6.07 Å². The molecule has 112 valence electrons. The van der Waals surface area contributed by atoms with Gasteiger partial charge >= 0.3 is 5.69 Å². The van der Waals surface area contributed by atoms with Crippen molar-refractivity contribution in [3.05, 3.63) is 27.9 Å². The third-order valence-electron chi connectivity index (χ3n) is 4.00. The summed E-state index contributed by atoms with van der Waals surface area (Å²) in [4.78, 5) is 14.6. The Balaban J connectivity index is 2.38. The number of rotatable bonds is 4. The Labute approximate surface area is 122 Å². The van der Waals surface area contributed by atoms with E-state index in [-0.39, 0.29) is 23.7 Å². The highest BCUT2D eigenvalue weighted by Gasteiger charge is 2.37. The van der Waals surface area contributed by atoms with Gasteiger partial charge < -0.3 is 10.4 Å². The summed E-state index contributed by atoms with van der Waals surface area (Å²) in [6.07, 6.45) is 4.84. The summed E-state index contributed by atoms with van der Waals surface area (Å²) in [6.45, 7) is 1.98. The van der Waals surface area contributed by atoms with Crippen molar-refractivity contribution in [2.45, 2.75) is 38.1 Å². The van der Waals surface area contributed by atoms with Gasteiger partial charge in [-0.2, -0.15) is 5.26 Å². The van der Waals surface area contributed by atoms with Crippen LogP contribution in [0.15, 0.2) is 12.3 Å². The molecule has 1 fully saturated rings. The van der Waals surface area contributed by atoms with Crippen LogP contribution in [-0.4, -0.2) is 27.2 Å². The molecule has 21 heavy (non-hydrogen) atoms. The molecule has 2 rings (SSSR count). The van der Waals surface area contributed by atoms with Crippen molar-refractivity contribution < 1.29 is 10.0 Å². The first-order valence-corrected chi connectivity index (χ1v) is 6.94. The van der Waals surface area contributed by atoms with Crippen molar-refractivity contribution in [2.24, 2.45) is 5.92 Å². The maximum absolute atomic E-state index is 11.2. The van der Waals surface area contributed by atoms with Gasteiger partial charge in [-0.3, -0.25) is 10.1 Å². The molecule has 0 spiro atoms. The lowest BCUT2D eigenvalue weighted by Crippen LogP contribution is -2.46. The van der Waals surface area contributed by atoms with E-state index in [1.54, 1.807) is 0 Å². The Hall–Kier alpha value is -2.20. The molecular weight excluding hydrogens is 272 g/mol. The van der Waals surface area contributed by atoms with Crippen LogP contribution in [-0.2, 0) is 0 Å². The van der Waals surface area contributed by atoms with Gasteiger partial charge in [0.15, 0.2) is 0 Å². The highest BCUT2D eigenvalue weighted by molar-refractivity contribution is 5.65. The Morgan fingerprint density at radius 3 is 3.05 bits per heavy atom. The van der Waals surface area contributed by atoms with Crippen molar-refractivity contribution in [1.29, 1.82) is 5.26 Å². The molecule has 0 amide bonds. The number of hydrogen-bond donors (Lipinski definition) is 2. The third kappa shape index (κ3) is 3.11. The topological polar surface area (TPSA) is 112 Å². The van der Waals surface area contributed by atoms with E-state index in [1.807, 2.05) is 6.07 Å². The molecule has 0 bridgehead atoms. The number of anilines is 1. The first kappa shape index (κ1) is 15.2. The van der Waals surface area contributed by atoms with Gasteiger partial charge in [0.2, 0.25) is 5.82 Å². The molecule has 1 saturated carbocycles. The molecule has 0 saturated heterocycles. The number of nitrogens with zero attached hydrogens (tertiary/aromatic N) is 3. The van der Waals surface area contributed by atoms with Crippen LogP contribution in [0.4, 0.5) is 11.5 Å². The van der Waals surface area contributed by atoms with E-state index in [4.69, 9.17) is 5.26 Å². The fourth-order valence-corrected chi connectivity index (χ4v) is 3.03. The minimum absolute atomic E-state index is 0.0329. The fourth-order valence-electron chi connectivity index (χ4n) is 3.03. The van der Waals surface area contributed by atoms with Crippen molar-refractivity contribution >= 4 is 11.5 Å². The van der Waals surface area contributed by atoms with E-state index < -0.39 is 10.5 Å². The summed E-state index contributed by atoms with van der Waals surface area (Å²) in [5, 5.41) is 33.0. The van der Waals surface area contributed by atoms with E-state index in [1.165, 1.54) is 12.3 Å². The van der Waals surface area contributed by atoms with Crippen LogP contribution >= 0.6 is 0 Å². The van der Waals surface area contributed by atoms with Gasteiger partial charge in [-0.05, 0) is 24.8 Å². The average molecular weight is 290 g/mol. The Morgan fingerprint density at radius 1 is 1.71 bits per heavy atom. The standard InChI is InChI=1S/C14H18N4O3/c1-10-3-2-5-14(7-10,9-19)17-13-12(18(20)21)11(8-15)4-6-16-13/h4,6,10,19H,2-3,5,7,9H2,1H3,(H,16,17). The van der Waals surface area contributed by atoms with Gasteiger partial charge in [0.05, 0.1) is 17.1 Å². The van der Waals surface area contributed by atoms with Gasteiger partial charge in [0.1, 0.15) is 11.6 Å². The Kier molecular flexibility index (Phi) is 4.38. The molecule has 1 aromatic rings. The van der Waals surface area contributed by atoms with Crippen LogP contribution in [0.5, 0.6) is 0 Å². The molecule has 2 atom stereocenters. The fraction of sp³-hybridized carbons (Fsp3) is 0.571. The predicted molar refractivity (Wildman–Crippen MR) is 76.7 cm³/mol. The summed E-state index contributed by atoms with van der Waals surface area (Å²) in [5.41, 5.74) is -0.968. The third-order valence-corrected chi connectivity index (χ3v) is 4.00. The van der Waals surface area contributed by atoms with Crippen molar-refractivity contribution in [1.82, 2.24) is 4.98 Å². The van der Waals surface area contributed by atoms with Crippen molar-refractivity contribution in [3.63, 3.8) is 0 Å². The molecule has 1 aliphatic rings. The first-order chi connectivity index (χ1) is 10.0. The van der Waals surface area contributed by atoms with Crippen molar-refractivity contribution in [2.75, 3.05) is 11.9 Å². The molecule has 7 nitrogen and oxygen atoms in total. The zero-order chi connectivity index (χ0) is 15.5. The zero-order valence-corrected chi connectivity index (χ0v) is 11.9. The number of nitro groups is 1. The summed E-state index contributed by atoms with van der Waals surface area (Å²) in [7, 11) is 0. The first-order valence-electron chi connectivity index (χ1n) is 6.94. The molecule has 1 heterocycles. The second kappa shape index (κ2) is 6.06. The maximum atomic E-state index is 11.2. The van der Waals surface area contributed by atoms with Gasteiger partial charge in [-0.25, -0.2) is 4.98 Å². The van der Waals surface area contributed by atoms with Gasteiger partial charge in [0, 0.05) is 6.20 Å². The minimum atomic E-state index is -0.608. The maximum Gasteiger partial charge on any atom is 0.328 e. The number of nitrogens with one attached hydrogen (secondary N) is 1. The van der Waals surface area contributed by atoms with E-state index in [0.29, 0.717) is 5.92 Å². The summed E-state index contributed by atoms with van der Waals surface area (Å²) in [6, 6.07) is 3.13. The lowest BCUT2D eigenvalue weighted by Gasteiger charge is -2.39. The van der Waals surface area contributed by atoms with Gasteiger partial charge in [0.25, 0.3) is 0 Å². The van der Waals surface area contributed by atoms with Crippen LogP contribution in [0.3, 0.4) is 0 Å². The van der Waals surface area contributed by atoms with Crippen LogP contribution in [0.25, 0.3) is 0 Å².